The predicted octanol–water partition coefficient (Wildman–Crippen LogP) is 2.83. The highest BCUT2D eigenvalue weighted by atomic mass is 16.2. The Hall–Kier alpha value is -2.41. The molecule has 0 atom stereocenters. The third-order valence-corrected chi connectivity index (χ3v) is 7.79. The Balaban J connectivity index is 1.31. The summed E-state index contributed by atoms with van der Waals surface area (Å²) in [4.78, 5) is 41.7. The van der Waals surface area contributed by atoms with E-state index in [1.165, 1.54) is 11.1 Å². The van der Waals surface area contributed by atoms with Gasteiger partial charge < -0.3 is 10.6 Å². The monoisotopic (exact) mass is 440 g/mol. The molecule has 0 unspecified atom stereocenters. The summed E-state index contributed by atoms with van der Waals surface area (Å²) in [6, 6.07) is 8.05. The van der Waals surface area contributed by atoms with Gasteiger partial charge in [-0.3, -0.25) is 19.4 Å². The van der Waals surface area contributed by atoms with E-state index in [1.54, 1.807) is 0 Å². The van der Waals surface area contributed by atoms with Crippen LogP contribution in [-0.2, 0) is 22.6 Å². The molecule has 7 heteroatoms. The first-order valence-corrected chi connectivity index (χ1v) is 12.0. The van der Waals surface area contributed by atoms with Crippen molar-refractivity contribution < 1.29 is 14.4 Å². The van der Waals surface area contributed by atoms with Gasteiger partial charge in [0.15, 0.2) is 0 Å². The van der Waals surface area contributed by atoms with Crippen LogP contribution in [0.4, 0.5) is 4.79 Å². The lowest BCUT2D eigenvalue weighted by Crippen LogP contribution is -2.54. The van der Waals surface area contributed by atoms with Crippen molar-refractivity contribution in [3.8, 4) is 0 Å². The van der Waals surface area contributed by atoms with Gasteiger partial charge in [-0.25, -0.2) is 4.79 Å². The zero-order valence-electron chi connectivity index (χ0n) is 19.6. The minimum absolute atomic E-state index is 0.220. The molecule has 174 valence electrons. The number of carbonyl (C=O) groups excluding carboxylic acids is 3. The van der Waals surface area contributed by atoms with Crippen LogP contribution in [0.15, 0.2) is 24.3 Å². The zero-order chi connectivity index (χ0) is 22.9. The molecule has 1 aliphatic carbocycles. The summed E-state index contributed by atoms with van der Waals surface area (Å²) in [7, 11) is 0. The summed E-state index contributed by atoms with van der Waals surface area (Å²) < 4.78 is 0. The van der Waals surface area contributed by atoms with Gasteiger partial charge in [0.1, 0.15) is 12.1 Å². The molecule has 1 aromatic rings. The van der Waals surface area contributed by atoms with E-state index >= 15 is 0 Å². The lowest BCUT2D eigenvalue weighted by atomic mass is 9.75. The minimum Gasteiger partial charge on any atom is -0.353 e. The zero-order valence-corrected chi connectivity index (χ0v) is 19.6. The highest BCUT2D eigenvalue weighted by Crippen LogP contribution is 2.37. The molecule has 1 saturated heterocycles. The normalized spacial score (nSPS) is 26.2. The average molecular weight is 441 g/mol. The van der Waals surface area contributed by atoms with Crippen molar-refractivity contribution in [1.29, 1.82) is 0 Å². The molecule has 0 radical (unpaired) electrons. The smallest absolute Gasteiger partial charge is 0.325 e. The van der Waals surface area contributed by atoms with Crippen LogP contribution in [0.2, 0.25) is 0 Å². The minimum atomic E-state index is -0.802. The molecule has 2 N–H and O–H groups in total. The summed E-state index contributed by atoms with van der Waals surface area (Å²) in [6.45, 7) is 8.44. The van der Waals surface area contributed by atoms with Crippen molar-refractivity contribution in [3.05, 3.63) is 35.4 Å². The Morgan fingerprint density at radius 1 is 1.19 bits per heavy atom. The molecule has 4 rings (SSSR count). The van der Waals surface area contributed by atoms with E-state index in [0.717, 1.165) is 43.7 Å². The van der Waals surface area contributed by atoms with E-state index in [-0.39, 0.29) is 23.9 Å². The second-order valence-electron chi connectivity index (χ2n) is 10.3. The fourth-order valence-corrected chi connectivity index (χ4v) is 5.38. The number of nitrogens with zero attached hydrogens (tertiary/aromatic N) is 2. The molecule has 0 aromatic heterocycles. The van der Waals surface area contributed by atoms with Crippen molar-refractivity contribution >= 4 is 17.8 Å². The maximum atomic E-state index is 13.0. The molecule has 1 saturated carbocycles. The fraction of sp³-hybridized carbons (Fsp3) is 0.640. The first-order valence-electron chi connectivity index (χ1n) is 12.0. The third kappa shape index (κ3) is 4.40. The highest BCUT2D eigenvalue weighted by molar-refractivity contribution is 6.09. The number of hydrogen-bond donors (Lipinski definition) is 2. The number of urea groups is 1. The van der Waals surface area contributed by atoms with E-state index in [9.17, 15) is 14.4 Å². The van der Waals surface area contributed by atoms with Crippen LogP contribution >= 0.6 is 0 Å². The number of nitrogens with one attached hydrogen (secondary N) is 2. The van der Waals surface area contributed by atoms with Crippen LogP contribution in [0.3, 0.4) is 0 Å². The van der Waals surface area contributed by atoms with E-state index in [4.69, 9.17) is 0 Å². The first kappa shape index (κ1) is 22.8. The van der Waals surface area contributed by atoms with Crippen molar-refractivity contribution in [1.82, 2.24) is 20.4 Å². The Morgan fingerprint density at radius 2 is 1.88 bits per heavy atom. The number of benzene rings is 1. The number of carbonyl (C=O) groups is 3. The largest absolute Gasteiger partial charge is 0.353 e. The van der Waals surface area contributed by atoms with Crippen molar-refractivity contribution in [2.24, 2.45) is 5.92 Å². The van der Waals surface area contributed by atoms with E-state index < -0.39 is 11.6 Å². The molecule has 2 aliphatic heterocycles. The van der Waals surface area contributed by atoms with Gasteiger partial charge in [-0.15, -0.1) is 0 Å². The number of hydrogen-bond acceptors (Lipinski definition) is 4. The summed E-state index contributed by atoms with van der Waals surface area (Å²) in [5.74, 6) is 0.0871. The topological polar surface area (TPSA) is 81.8 Å². The lowest BCUT2D eigenvalue weighted by Gasteiger charge is -2.41. The van der Waals surface area contributed by atoms with Crippen LogP contribution in [0.25, 0.3) is 0 Å². The quantitative estimate of drug-likeness (QED) is 0.667. The fourth-order valence-electron chi connectivity index (χ4n) is 5.38. The maximum absolute atomic E-state index is 13.0. The summed E-state index contributed by atoms with van der Waals surface area (Å²) in [6.07, 6.45) is 5.31. The van der Waals surface area contributed by atoms with E-state index in [1.807, 2.05) is 0 Å². The SMILES string of the molecule is CCC1CCC2(CC1)NC(=O)N(CC(=O)NCC(C)(C)N1CCc3ccccc3C1)C2=O. The molecule has 4 amide bonds. The average Bonchev–Trinajstić information content (AvgIpc) is 3.02. The van der Waals surface area contributed by atoms with Crippen LogP contribution in [0.1, 0.15) is 64.0 Å². The van der Waals surface area contributed by atoms with Gasteiger partial charge in [0.2, 0.25) is 5.91 Å². The van der Waals surface area contributed by atoms with E-state index in [0.29, 0.717) is 25.3 Å². The van der Waals surface area contributed by atoms with Gasteiger partial charge in [-0.2, -0.15) is 0 Å². The Bertz CT molecular complexity index is 889. The molecule has 32 heavy (non-hydrogen) atoms. The van der Waals surface area contributed by atoms with Crippen LogP contribution in [0.5, 0.6) is 0 Å². The lowest BCUT2D eigenvalue weighted by molar-refractivity contribution is -0.136. The molecule has 1 spiro atoms. The molecule has 2 heterocycles. The standard InChI is InChI=1S/C25H36N4O3/c1-4-18-9-12-25(13-10-18)22(31)29(23(32)27-25)16-21(30)26-17-24(2,3)28-14-11-19-7-5-6-8-20(19)15-28/h5-8,18H,4,9-17H2,1-3H3,(H,26,30)(H,27,32). The van der Waals surface area contributed by atoms with Crippen molar-refractivity contribution in [2.45, 2.75) is 76.9 Å². The van der Waals surface area contributed by atoms with Gasteiger partial charge in [0.25, 0.3) is 5.91 Å². The first-order chi connectivity index (χ1) is 15.2. The van der Waals surface area contributed by atoms with Crippen LogP contribution in [0, 0.1) is 5.92 Å². The Labute approximate surface area is 190 Å². The summed E-state index contributed by atoms with van der Waals surface area (Å²) >= 11 is 0. The molecule has 2 fully saturated rings. The number of rotatable bonds is 6. The Morgan fingerprint density at radius 3 is 2.56 bits per heavy atom. The van der Waals surface area contributed by atoms with Crippen LogP contribution < -0.4 is 10.6 Å². The highest BCUT2D eigenvalue weighted by Gasteiger charge is 2.52. The number of fused-ring (bicyclic) bond motifs is 1. The second kappa shape index (κ2) is 8.85. The van der Waals surface area contributed by atoms with Gasteiger partial charge in [0, 0.05) is 25.2 Å². The van der Waals surface area contributed by atoms with Crippen molar-refractivity contribution in [3.63, 3.8) is 0 Å². The van der Waals surface area contributed by atoms with Gasteiger partial charge in [0.05, 0.1) is 0 Å². The van der Waals surface area contributed by atoms with Crippen LogP contribution in [-0.4, -0.2) is 58.4 Å². The Kier molecular flexibility index (Phi) is 6.30. The molecule has 0 bridgehead atoms. The number of amides is 4. The maximum Gasteiger partial charge on any atom is 0.325 e. The number of imide groups is 1. The van der Waals surface area contributed by atoms with Gasteiger partial charge in [-0.1, -0.05) is 37.6 Å². The molecular formula is C25H36N4O3. The second-order valence-corrected chi connectivity index (χ2v) is 10.3. The van der Waals surface area contributed by atoms with Gasteiger partial charge in [-0.05, 0) is 63.0 Å². The summed E-state index contributed by atoms with van der Waals surface area (Å²) in [5, 5.41) is 5.87. The molecule has 3 aliphatic rings. The van der Waals surface area contributed by atoms with E-state index in [2.05, 4.69) is 60.6 Å². The third-order valence-electron chi connectivity index (χ3n) is 7.79. The van der Waals surface area contributed by atoms with Gasteiger partial charge >= 0.3 is 6.03 Å². The molecule has 1 aromatic carbocycles. The molecular weight excluding hydrogens is 404 g/mol. The predicted molar refractivity (Wildman–Crippen MR) is 123 cm³/mol. The molecule has 7 nitrogen and oxygen atoms in total. The summed E-state index contributed by atoms with van der Waals surface area (Å²) in [5.41, 5.74) is 1.69. The van der Waals surface area contributed by atoms with Crippen molar-refractivity contribution in [2.75, 3.05) is 19.6 Å².